The third kappa shape index (κ3) is 2.21. The quantitative estimate of drug-likeness (QED) is 0.565. The van der Waals surface area contributed by atoms with E-state index in [1.807, 2.05) is 13.8 Å². The van der Waals surface area contributed by atoms with Crippen molar-refractivity contribution in [2.75, 3.05) is 7.11 Å². The topological polar surface area (TPSA) is 79.9 Å². The molecule has 124 valence electrons. The molecule has 5 heteroatoms. The second kappa shape index (κ2) is 5.30. The Kier molecular flexibility index (Phi) is 3.52. The monoisotopic (exact) mass is 326 g/mol. The number of aromatic hydroxyl groups is 2. The summed E-state index contributed by atoms with van der Waals surface area (Å²) >= 11 is 0. The summed E-state index contributed by atoms with van der Waals surface area (Å²) < 4.78 is 11.0. The summed E-state index contributed by atoms with van der Waals surface area (Å²) in [5.74, 6) is 0.0320. The Bertz CT molecular complexity index is 1030. The predicted octanol–water partition coefficient (Wildman–Crippen LogP) is 3.83. The van der Waals surface area contributed by atoms with Crippen LogP contribution in [-0.4, -0.2) is 17.3 Å². The number of fused-ring (bicyclic) bond motifs is 2. The molecule has 0 amide bonds. The normalized spacial score (nSPS) is 11.8. The lowest BCUT2D eigenvalue weighted by atomic mass is 9.83. The zero-order chi connectivity index (χ0) is 17.6. The fourth-order valence-electron chi connectivity index (χ4n) is 2.82. The van der Waals surface area contributed by atoms with Gasteiger partial charge in [0.05, 0.1) is 12.5 Å². The molecule has 0 saturated carbocycles. The molecule has 0 aliphatic heterocycles. The lowest BCUT2D eigenvalue weighted by Crippen LogP contribution is -2.15. The average molecular weight is 326 g/mol. The van der Waals surface area contributed by atoms with E-state index in [2.05, 4.69) is 6.58 Å². The van der Waals surface area contributed by atoms with Gasteiger partial charge in [0.25, 0.3) is 0 Å². The first kappa shape index (κ1) is 15.9. The van der Waals surface area contributed by atoms with E-state index in [9.17, 15) is 15.0 Å². The third-order valence-electron chi connectivity index (χ3n) is 4.26. The molecule has 0 saturated heterocycles. The van der Waals surface area contributed by atoms with E-state index < -0.39 is 5.41 Å². The van der Waals surface area contributed by atoms with Gasteiger partial charge in [0.1, 0.15) is 33.8 Å². The predicted molar refractivity (Wildman–Crippen MR) is 93.1 cm³/mol. The fraction of sp³-hybridized carbons (Fsp3) is 0.211. The molecule has 1 aromatic heterocycles. The maximum Gasteiger partial charge on any atom is 0.204 e. The molecule has 2 aromatic carbocycles. The van der Waals surface area contributed by atoms with Crippen LogP contribution in [0.4, 0.5) is 0 Å². The first-order chi connectivity index (χ1) is 11.3. The number of benzene rings is 2. The first-order valence-electron chi connectivity index (χ1n) is 7.43. The van der Waals surface area contributed by atoms with Crippen LogP contribution in [0.5, 0.6) is 17.2 Å². The average Bonchev–Trinajstić information content (AvgIpc) is 2.54. The van der Waals surface area contributed by atoms with E-state index in [0.29, 0.717) is 22.3 Å². The molecular weight excluding hydrogens is 308 g/mol. The SMILES string of the molecule is C=CC(C)(C)c1c(O)cc(O)c2c(=O)c3cc(OC)ccc3oc12. The highest BCUT2D eigenvalue weighted by atomic mass is 16.5. The molecule has 0 atom stereocenters. The highest BCUT2D eigenvalue weighted by Gasteiger charge is 2.28. The van der Waals surface area contributed by atoms with Gasteiger partial charge < -0.3 is 19.4 Å². The number of allylic oxidation sites excluding steroid dienone is 1. The third-order valence-corrected chi connectivity index (χ3v) is 4.26. The minimum Gasteiger partial charge on any atom is -0.507 e. The van der Waals surface area contributed by atoms with Gasteiger partial charge in [-0.15, -0.1) is 6.58 Å². The number of hydrogen-bond donors (Lipinski definition) is 2. The second-order valence-corrected chi connectivity index (χ2v) is 6.21. The van der Waals surface area contributed by atoms with Crippen molar-refractivity contribution >= 4 is 21.9 Å². The maximum atomic E-state index is 12.9. The summed E-state index contributed by atoms with van der Waals surface area (Å²) in [4.78, 5) is 12.9. The Morgan fingerprint density at radius 1 is 1.21 bits per heavy atom. The molecule has 0 spiro atoms. The smallest absolute Gasteiger partial charge is 0.204 e. The Balaban J connectivity index is 2.57. The van der Waals surface area contributed by atoms with E-state index in [0.717, 1.165) is 6.07 Å². The van der Waals surface area contributed by atoms with Crippen LogP contribution in [0.1, 0.15) is 19.4 Å². The van der Waals surface area contributed by atoms with Crippen molar-refractivity contribution in [2.45, 2.75) is 19.3 Å². The molecule has 0 bridgehead atoms. The lowest BCUT2D eigenvalue weighted by Gasteiger charge is -2.23. The van der Waals surface area contributed by atoms with Crippen LogP contribution >= 0.6 is 0 Å². The standard InChI is InChI=1S/C19H18O5/c1-5-19(2,3)16-13(21)9-12(20)15-17(22)11-8-10(23-4)6-7-14(11)24-18(15)16/h5-9,20-21H,1H2,2-4H3. The Morgan fingerprint density at radius 2 is 1.92 bits per heavy atom. The molecule has 0 aliphatic rings. The molecule has 0 radical (unpaired) electrons. The zero-order valence-corrected chi connectivity index (χ0v) is 13.7. The van der Waals surface area contributed by atoms with E-state index in [1.165, 1.54) is 7.11 Å². The van der Waals surface area contributed by atoms with Crippen molar-refractivity contribution in [3.8, 4) is 17.2 Å². The molecule has 2 N–H and O–H groups in total. The van der Waals surface area contributed by atoms with Gasteiger partial charge >= 0.3 is 0 Å². The molecule has 3 rings (SSSR count). The Hall–Kier alpha value is -2.95. The minimum atomic E-state index is -0.661. The summed E-state index contributed by atoms with van der Waals surface area (Å²) in [7, 11) is 1.50. The number of phenols is 2. The van der Waals surface area contributed by atoms with Gasteiger partial charge in [-0.1, -0.05) is 19.9 Å². The number of rotatable bonds is 3. The zero-order valence-electron chi connectivity index (χ0n) is 13.7. The van der Waals surface area contributed by atoms with Crippen LogP contribution in [0.25, 0.3) is 21.9 Å². The number of hydrogen-bond acceptors (Lipinski definition) is 5. The van der Waals surface area contributed by atoms with Gasteiger partial charge in [-0.3, -0.25) is 4.79 Å². The van der Waals surface area contributed by atoms with Crippen LogP contribution in [-0.2, 0) is 5.41 Å². The molecule has 3 aromatic rings. The van der Waals surface area contributed by atoms with Crippen molar-refractivity contribution < 1.29 is 19.4 Å². The highest BCUT2D eigenvalue weighted by molar-refractivity contribution is 5.96. The van der Waals surface area contributed by atoms with Gasteiger partial charge in [0, 0.05) is 17.0 Å². The first-order valence-corrected chi connectivity index (χ1v) is 7.43. The van der Waals surface area contributed by atoms with E-state index in [1.54, 1.807) is 24.3 Å². The molecule has 1 heterocycles. The summed E-state index contributed by atoms with van der Waals surface area (Å²) in [5, 5.41) is 20.8. The van der Waals surface area contributed by atoms with Crippen LogP contribution in [0.2, 0.25) is 0 Å². The molecule has 24 heavy (non-hydrogen) atoms. The van der Waals surface area contributed by atoms with Crippen LogP contribution in [0.3, 0.4) is 0 Å². The summed E-state index contributed by atoms with van der Waals surface area (Å²) in [6.45, 7) is 7.45. The van der Waals surface area contributed by atoms with Crippen molar-refractivity contribution in [3.63, 3.8) is 0 Å². The Labute approximate surface area is 138 Å². The van der Waals surface area contributed by atoms with Gasteiger partial charge in [0.2, 0.25) is 5.43 Å². The van der Waals surface area contributed by atoms with Crippen molar-refractivity contribution in [2.24, 2.45) is 0 Å². The molecule has 5 nitrogen and oxygen atoms in total. The summed E-state index contributed by atoms with van der Waals surface area (Å²) in [6, 6.07) is 6.02. The van der Waals surface area contributed by atoms with Crippen LogP contribution in [0.15, 0.2) is 46.1 Å². The molecule has 0 unspecified atom stereocenters. The molecule has 0 aliphatic carbocycles. The van der Waals surface area contributed by atoms with Gasteiger partial charge in [-0.2, -0.15) is 0 Å². The van der Waals surface area contributed by atoms with E-state index in [4.69, 9.17) is 9.15 Å². The number of phenolic OH excluding ortho intramolecular Hbond substituents is 2. The maximum absolute atomic E-state index is 12.9. The molecular formula is C19H18O5. The van der Waals surface area contributed by atoms with Crippen molar-refractivity contribution in [1.29, 1.82) is 0 Å². The van der Waals surface area contributed by atoms with Gasteiger partial charge in [0.15, 0.2) is 0 Å². The molecule has 0 fully saturated rings. The lowest BCUT2D eigenvalue weighted by molar-refractivity contribution is 0.415. The van der Waals surface area contributed by atoms with Crippen LogP contribution < -0.4 is 10.2 Å². The number of methoxy groups -OCH3 is 1. The van der Waals surface area contributed by atoms with Crippen molar-refractivity contribution in [3.05, 3.63) is 52.7 Å². The largest absolute Gasteiger partial charge is 0.507 e. The van der Waals surface area contributed by atoms with Gasteiger partial charge in [-0.05, 0) is 18.2 Å². The van der Waals surface area contributed by atoms with Gasteiger partial charge in [-0.25, -0.2) is 0 Å². The van der Waals surface area contributed by atoms with Crippen molar-refractivity contribution in [1.82, 2.24) is 0 Å². The fourth-order valence-corrected chi connectivity index (χ4v) is 2.82. The minimum absolute atomic E-state index is 0.0264. The van der Waals surface area contributed by atoms with E-state index >= 15 is 0 Å². The summed E-state index contributed by atoms with van der Waals surface area (Å²) in [6.07, 6.45) is 1.65. The van der Waals surface area contributed by atoms with E-state index in [-0.39, 0.29) is 27.9 Å². The second-order valence-electron chi connectivity index (χ2n) is 6.21. The highest BCUT2D eigenvalue weighted by Crippen LogP contribution is 2.41. The number of ether oxygens (including phenoxy) is 1. The Morgan fingerprint density at radius 3 is 2.54 bits per heavy atom. The van der Waals surface area contributed by atoms with Crippen LogP contribution in [0, 0.1) is 0 Å². The summed E-state index contributed by atoms with van der Waals surface area (Å²) in [5.41, 5.74) is -0.144.